The molecule has 0 fully saturated rings. The number of aromatic nitrogens is 2. The molecule has 0 aliphatic carbocycles. The Morgan fingerprint density at radius 1 is 1.14 bits per heavy atom. The highest BCUT2D eigenvalue weighted by Gasteiger charge is 2.26. The molecule has 1 aliphatic rings. The average Bonchev–Trinajstić information content (AvgIpc) is 3.18. The van der Waals surface area contributed by atoms with Gasteiger partial charge in [-0.05, 0) is 12.1 Å². The van der Waals surface area contributed by atoms with Crippen LogP contribution in [-0.2, 0) is 19.6 Å². The zero-order chi connectivity index (χ0) is 19.3. The van der Waals surface area contributed by atoms with Gasteiger partial charge in [0.1, 0.15) is 23.9 Å². The first-order valence-corrected chi connectivity index (χ1v) is 9.38. The lowest BCUT2D eigenvalue weighted by atomic mass is 10.1. The van der Waals surface area contributed by atoms with Gasteiger partial charge in [-0.1, -0.05) is 24.3 Å². The van der Waals surface area contributed by atoms with Crippen molar-refractivity contribution >= 4 is 0 Å². The van der Waals surface area contributed by atoms with Crippen LogP contribution in [0.1, 0.15) is 11.1 Å². The molecule has 28 heavy (non-hydrogen) atoms. The number of methoxy groups -OCH3 is 2. The first-order chi connectivity index (χ1) is 13.8. The van der Waals surface area contributed by atoms with Gasteiger partial charge in [0.2, 0.25) is 0 Å². The Bertz CT molecular complexity index is 911. The highest BCUT2D eigenvalue weighted by molar-refractivity contribution is 5.41. The maximum absolute atomic E-state index is 6.14. The van der Waals surface area contributed by atoms with Gasteiger partial charge in [0.15, 0.2) is 0 Å². The number of nitrogens with zero attached hydrogens (tertiary/aromatic N) is 3. The zero-order valence-electron chi connectivity index (χ0n) is 16.2. The van der Waals surface area contributed by atoms with Crippen molar-refractivity contribution in [3.05, 3.63) is 72.3 Å². The summed E-state index contributed by atoms with van der Waals surface area (Å²) in [5, 5.41) is 0. The molecule has 2 heterocycles. The summed E-state index contributed by atoms with van der Waals surface area (Å²) in [5.74, 6) is 2.58. The monoisotopic (exact) mass is 379 g/mol. The number of hydrogen-bond acceptors (Lipinski definition) is 5. The molecule has 4 rings (SSSR count). The van der Waals surface area contributed by atoms with Crippen molar-refractivity contribution in [3.8, 4) is 17.2 Å². The lowest BCUT2D eigenvalue weighted by molar-refractivity contribution is 0.123. The van der Waals surface area contributed by atoms with Gasteiger partial charge < -0.3 is 18.8 Å². The third-order valence-electron chi connectivity index (χ3n) is 5.14. The Hall–Kier alpha value is -2.99. The van der Waals surface area contributed by atoms with Crippen molar-refractivity contribution in [2.24, 2.45) is 0 Å². The van der Waals surface area contributed by atoms with E-state index >= 15 is 0 Å². The largest absolute Gasteiger partial charge is 0.497 e. The number of rotatable bonds is 6. The molecular formula is C22H25N3O3. The summed E-state index contributed by atoms with van der Waals surface area (Å²) in [7, 11) is 3.36. The first kappa shape index (κ1) is 18.4. The third kappa shape index (κ3) is 3.97. The molecule has 0 saturated carbocycles. The fourth-order valence-corrected chi connectivity index (χ4v) is 3.61. The summed E-state index contributed by atoms with van der Waals surface area (Å²) in [6.07, 6.45) is 5.65. The molecule has 0 amide bonds. The molecule has 0 spiro atoms. The molecular weight excluding hydrogens is 354 g/mol. The van der Waals surface area contributed by atoms with Gasteiger partial charge in [0.25, 0.3) is 0 Å². The van der Waals surface area contributed by atoms with E-state index in [0.29, 0.717) is 6.61 Å². The molecule has 1 aromatic heterocycles. The van der Waals surface area contributed by atoms with E-state index < -0.39 is 0 Å². The molecule has 0 N–H and O–H groups in total. The minimum absolute atomic E-state index is 0.202. The number of imidazole rings is 1. The summed E-state index contributed by atoms with van der Waals surface area (Å²) in [6.45, 7) is 3.00. The van der Waals surface area contributed by atoms with Gasteiger partial charge >= 0.3 is 0 Å². The highest BCUT2D eigenvalue weighted by atomic mass is 16.5. The Morgan fingerprint density at radius 2 is 2.04 bits per heavy atom. The van der Waals surface area contributed by atoms with Gasteiger partial charge in [0, 0.05) is 49.2 Å². The average molecular weight is 379 g/mol. The van der Waals surface area contributed by atoms with E-state index in [1.54, 1.807) is 14.2 Å². The second-order valence-corrected chi connectivity index (χ2v) is 6.91. The van der Waals surface area contributed by atoms with Crippen LogP contribution in [-0.4, -0.2) is 41.3 Å². The maximum Gasteiger partial charge on any atom is 0.127 e. The molecule has 146 valence electrons. The van der Waals surface area contributed by atoms with Crippen molar-refractivity contribution in [1.82, 2.24) is 14.5 Å². The topological polar surface area (TPSA) is 48.8 Å². The third-order valence-corrected chi connectivity index (χ3v) is 5.14. The Balaban J connectivity index is 1.63. The summed E-state index contributed by atoms with van der Waals surface area (Å²) in [6, 6.07) is 14.4. The normalized spacial score (nSPS) is 16.7. The van der Waals surface area contributed by atoms with Crippen LogP contribution in [0.15, 0.2) is 61.2 Å². The van der Waals surface area contributed by atoms with Crippen LogP contribution >= 0.6 is 0 Å². The smallest absolute Gasteiger partial charge is 0.127 e. The standard InChI is InChI=1S/C22H25N3O3/c1-26-20-8-7-18(22(11-20)27-2)13-25-12-17-5-3-4-6-21(17)28-15-19(25)14-24-10-9-23-16-24/h3-11,16,19H,12-15H2,1-2H3. The summed E-state index contributed by atoms with van der Waals surface area (Å²) < 4.78 is 19.2. The van der Waals surface area contributed by atoms with E-state index in [2.05, 4.69) is 32.7 Å². The minimum atomic E-state index is 0.202. The van der Waals surface area contributed by atoms with E-state index in [-0.39, 0.29) is 6.04 Å². The van der Waals surface area contributed by atoms with Crippen molar-refractivity contribution in [2.75, 3.05) is 20.8 Å². The molecule has 1 aliphatic heterocycles. The molecule has 1 atom stereocenters. The molecule has 2 aromatic carbocycles. The lowest BCUT2D eigenvalue weighted by Gasteiger charge is -2.30. The molecule has 0 radical (unpaired) electrons. The highest BCUT2D eigenvalue weighted by Crippen LogP contribution is 2.30. The van der Waals surface area contributed by atoms with Crippen molar-refractivity contribution < 1.29 is 14.2 Å². The van der Waals surface area contributed by atoms with E-state index in [1.165, 1.54) is 5.56 Å². The quantitative estimate of drug-likeness (QED) is 0.657. The van der Waals surface area contributed by atoms with Crippen molar-refractivity contribution in [1.29, 1.82) is 0 Å². The molecule has 0 bridgehead atoms. The molecule has 6 heteroatoms. The number of ether oxygens (including phenoxy) is 3. The van der Waals surface area contributed by atoms with Crippen LogP contribution < -0.4 is 14.2 Å². The van der Waals surface area contributed by atoms with Gasteiger partial charge in [-0.2, -0.15) is 0 Å². The van der Waals surface area contributed by atoms with Crippen LogP contribution in [0.25, 0.3) is 0 Å². The van der Waals surface area contributed by atoms with E-state index in [0.717, 1.165) is 42.4 Å². The molecule has 1 unspecified atom stereocenters. The van der Waals surface area contributed by atoms with Crippen LogP contribution in [0.3, 0.4) is 0 Å². The van der Waals surface area contributed by atoms with E-state index in [1.807, 2.05) is 43.0 Å². The summed E-state index contributed by atoms with van der Waals surface area (Å²) >= 11 is 0. The fourth-order valence-electron chi connectivity index (χ4n) is 3.61. The van der Waals surface area contributed by atoms with Gasteiger partial charge in [0.05, 0.1) is 26.6 Å². The van der Waals surface area contributed by atoms with Gasteiger partial charge in [-0.3, -0.25) is 4.90 Å². The zero-order valence-corrected chi connectivity index (χ0v) is 16.2. The second-order valence-electron chi connectivity index (χ2n) is 6.91. The van der Waals surface area contributed by atoms with Crippen molar-refractivity contribution in [3.63, 3.8) is 0 Å². The number of hydrogen-bond donors (Lipinski definition) is 0. The number of benzene rings is 2. The van der Waals surface area contributed by atoms with E-state index in [9.17, 15) is 0 Å². The lowest BCUT2D eigenvalue weighted by Crippen LogP contribution is -2.40. The SMILES string of the molecule is COc1ccc(CN2Cc3ccccc3OCC2Cn2ccnc2)c(OC)c1. The van der Waals surface area contributed by atoms with Crippen LogP contribution in [0.5, 0.6) is 17.2 Å². The first-order valence-electron chi connectivity index (χ1n) is 9.38. The maximum atomic E-state index is 6.14. The van der Waals surface area contributed by atoms with Crippen LogP contribution in [0, 0.1) is 0 Å². The van der Waals surface area contributed by atoms with Crippen LogP contribution in [0.4, 0.5) is 0 Å². The van der Waals surface area contributed by atoms with Gasteiger partial charge in [-0.25, -0.2) is 4.98 Å². The predicted octanol–water partition coefficient (Wildman–Crippen LogP) is 3.36. The summed E-state index contributed by atoms with van der Waals surface area (Å²) in [4.78, 5) is 6.62. The fraction of sp³-hybridized carbons (Fsp3) is 0.318. The Labute approximate surface area is 165 Å². The molecule has 6 nitrogen and oxygen atoms in total. The molecule has 0 saturated heterocycles. The Morgan fingerprint density at radius 3 is 2.82 bits per heavy atom. The van der Waals surface area contributed by atoms with E-state index in [4.69, 9.17) is 14.2 Å². The number of para-hydroxylation sites is 1. The minimum Gasteiger partial charge on any atom is -0.497 e. The van der Waals surface area contributed by atoms with Crippen molar-refractivity contribution in [2.45, 2.75) is 25.7 Å². The summed E-state index contributed by atoms with van der Waals surface area (Å²) in [5.41, 5.74) is 2.32. The second kappa shape index (κ2) is 8.35. The van der Waals surface area contributed by atoms with Gasteiger partial charge in [-0.15, -0.1) is 0 Å². The molecule has 3 aromatic rings. The van der Waals surface area contributed by atoms with Crippen LogP contribution in [0.2, 0.25) is 0 Å². The number of fused-ring (bicyclic) bond motifs is 1. The predicted molar refractivity (Wildman–Crippen MR) is 107 cm³/mol. The Kier molecular flexibility index (Phi) is 5.48.